The number of hydrogen-bond acceptors (Lipinski definition) is 12. The average molecular weight is 844 g/mol. The molecule has 53 heavy (non-hydrogen) atoms. The number of hydrogen-bond donors (Lipinski definition) is 1. The lowest BCUT2D eigenvalue weighted by atomic mass is 10.1. The van der Waals surface area contributed by atoms with E-state index < -0.39 is 43.6 Å². The Balaban J connectivity index is 0.000000196. The van der Waals surface area contributed by atoms with E-state index in [-0.39, 0.29) is 36.8 Å². The molecule has 0 spiro atoms. The van der Waals surface area contributed by atoms with Crippen molar-refractivity contribution in [3.8, 4) is 23.0 Å². The number of anilines is 2. The standard InChI is InChI=1S/C17H16FNO6S.C9H8BrFO2.C8H9NO4S/c1-23-17(20)11-3-4-12(14(18)7-11)9-19(26(2,21)22)13-5-6-15-16(8-13)25-10-24-15;1-13-9(12)6-2-3-7(5-10)8(11)4-6;1-14(10,11)9-6-2-3-7-8(4-6)13-5-12-7/h3-8H,9-10H2,1-2H3;2-4H,5H2,1H3;2-4,9H,5H2,1H3. The first-order valence-corrected chi connectivity index (χ1v) is 19.9. The Kier molecular flexibility index (Phi) is 13.5. The highest BCUT2D eigenvalue weighted by Crippen LogP contribution is 2.37. The van der Waals surface area contributed by atoms with Crippen LogP contribution in [0.4, 0.5) is 20.2 Å². The average Bonchev–Trinajstić information content (AvgIpc) is 3.79. The van der Waals surface area contributed by atoms with E-state index in [1.165, 1.54) is 44.6 Å². The molecule has 0 saturated carbocycles. The number of carbonyl (C=O) groups is 2. The molecule has 0 fully saturated rings. The van der Waals surface area contributed by atoms with E-state index in [2.05, 4.69) is 30.1 Å². The molecule has 14 nitrogen and oxygen atoms in total. The zero-order valence-corrected chi connectivity index (χ0v) is 31.8. The second-order valence-electron chi connectivity index (χ2n) is 11.0. The third-order valence-electron chi connectivity index (χ3n) is 7.13. The maximum atomic E-state index is 14.4. The van der Waals surface area contributed by atoms with Crippen molar-refractivity contribution in [3.05, 3.63) is 107 Å². The fraction of sp³-hybridized carbons (Fsp3) is 0.235. The molecule has 0 unspecified atom stereocenters. The molecule has 0 atom stereocenters. The van der Waals surface area contributed by atoms with Gasteiger partial charge in [0.2, 0.25) is 33.6 Å². The van der Waals surface area contributed by atoms with Crippen LogP contribution < -0.4 is 28.0 Å². The molecule has 0 aliphatic carbocycles. The molecule has 6 rings (SSSR count). The zero-order chi connectivity index (χ0) is 38.9. The molecule has 0 aromatic heterocycles. The fourth-order valence-corrected chi connectivity index (χ4v) is 6.47. The summed E-state index contributed by atoms with van der Waals surface area (Å²) < 4.78 is 107. The third-order valence-corrected chi connectivity index (χ3v) is 9.48. The molecule has 284 valence electrons. The molecule has 0 bridgehead atoms. The number of alkyl halides is 1. The minimum absolute atomic E-state index is 0.0442. The van der Waals surface area contributed by atoms with Crippen LogP contribution in [-0.2, 0) is 41.4 Å². The summed E-state index contributed by atoms with van der Waals surface area (Å²) in [5.74, 6) is -0.204. The van der Waals surface area contributed by atoms with Crippen molar-refractivity contribution in [2.24, 2.45) is 0 Å². The van der Waals surface area contributed by atoms with Crippen molar-refractivity contribution in [1.29, 1.82) is 0 Å². The van der Waals surface area contributed by atoms with Crippen LogP contribution in [0.5, 0.6) is 23.0 Å². The Morgan fingerprint density at radius 1 is 0.717 bits per heavy atom. The Hall–Kier alpha value is -5.14. The number of nitrogens with one attached hydrogen (secondary N) is 1. The number of fused-ring (bicyclic) bond motifs is 2. The van der Waals surface area contributed by atoms with E-state index >= 15 is 0 Å². The number of ether oxygens (including phenoxy) is 6. The number of rotatable bonds is 9. The smallest absolute Gasteiger partial charge is 0.337 e. The predicted molar refractivity (Wildman–Crippen MR) is 193 cm³/mol. The van der Waals surface area contributed by atoms with E-state index in [1.54, 1.807) is 36.4 Å². The van der Waals surface area contributed by atoms with Crippen molar-refractivity contribution in [3.63, 3.8) is 0 Å². The monoisotopic (exact) mass is 842 g/mol. The van der Waals surface area contributed by atoms with Gasteiger partial charge in [-0.2, -0.15) is 0 Å². The van der Waals surface area contributed by atoms with Crippen LogP contribution in [-0.4, -0.2) is 69.1 Å². The predicted octanol–water partition coefficient (Wildman–Crippen LogP) is 5.60. The number of nitrogens with zero attached hydrogens (tertiary/aromatic N) is 1. The molecule has 19 heteroatoms. The summed E-state index contributed by atoms with van der Waals surface area (Å²) >= 11 is 3.13. The summed E-state index contributed by atoms with van der Waals surface area (Å²) in [6.07, 6.45) is 2.12. The van der Waals surface area contributed by atoms with E-state index in [0.717, 1.165) is 22.9 Å². The van der Waals surface area contributed by atoms with Gasteiger partial charge in [0.05, 0.1) is 55.8 Å². The Bertz CT molecular complexity index is 2210. The highest BCUT2D eigenvalue weighted by atomic mass is 79.9. The van der Waals surface area contributed by atoms with Crippen molar-refractivity contribution < 1.29 is 63.6 Å². The van der Waals surface area contributed by atoms with Crippen molar-refractivity contribution >= 4 is 59.3 Å². The molecule has 0 amide bonds. The second kappa shape index (κ2) is 17.6. The SMILES string of the molecule is COC(=O)c1ccc(CBr)c(F)c1.COC(=O)c1ccc(CN(c2ccc3c(c2)OCO3)S(C)(=O)=O)c(F)c1.CS(=O)(=O)Nc1ccc2c(c1)OCO2. The Morgan fingerprint density at radius 2 is 1.21 bits per heavy atom. The van der Waals surface area contributed by atoms with Gasteiger partial charge in [-0.1, -0.05) is 28.1 Å². The van der Waals surface area contributed by atoms with Gasteiger partial charge in [0.15, 0.2) is 23.0 Å². The van der Waals surface area contributed by atoms with Crippen LogP contribution in [0, 0.1) is 11.6 Å². The molecule has 1 N–H and O–H groups in total. The number of esters is 2. The van der Waals surface area contributed by atoms with Gasteiger partial charge in [0.1, 0.15) is 11.6 Å². The lowest BCUT2D eigenvalue weighted by Gasteiger charge is -2.23. The second-order valence-corrected chi connectivity index (χ2v) is 15.2. The fourth-order valence-electron chi connectivity index (χ4n) is 4.59. The summed E-state index contributed by atoms with van der Waals surface area (Å²) in [7, 11) is -4.49. The topological polar surface area (TPSA) is 173 Å². The van der Waals surface area contributed by atoms with E-state index in [4.69, 9.17) is 18.9 Å². The maximum Gasteiger partial charge on any atom is 0.337 e. The van der Waals surface area contributed by atoms with Crippen LogP contribution in [0.25, 0.3) is 0 Å². The van der Waals surface area contributed by atoms with Gasteiger partial charge in [0.25, 0.3) is 0 Å². The van der Waals surface area contributed by atoms with Crippen LogP contribution in [0.3, 0.4) is 0 Å². The first-order valence-electron chi connectivity index (χ1n) is 15.1. The number of halogens is 3. The highest BCUT2D eigenvalue weighted by molar-refractivity contribution is 9.08. The molecule has 2 aliphatic heterocycles. The van der Waals surface area contributed by atoms with Crippen LogP contribution >= 0.6 is 15.9 Å². The van der Waals surface area contributed by atoms with Crippen molar-refractivity contribution in [2.45, 2.75) is 11.9 Å². The Labute approximate surface area is 312 Å². The van der Waals surface area contributed by atoms with Gasteiger partial charge in [-0.15, -0.1) is 0 Å². The number of carbonyl (C=O) groups excluding carboxylic acids is 2. The molecule has 4 aromatic carbocycles. The zero-order valence-electron chi connectivity index (χ0n) is 28.6. The van der Waals surface area contributed by atoms with E-state index in [9.17, 15) is 35.2 Å². The first-order chi connectivity index (χ1) is 25.0. The van der Waals surface area contributed by atoms with Gasteiger partial charge in [0, 0.05) is 23.0 Å². The summed E-state index contributed by atoms with van der Waals surface area (Å²) in [6.45, 7) is -0.00922. The van der Waals surface area contributed by atoms with Gasteiger partial charge in [-0.25, -0.2) is 35.2 Å². The van der Waals surface area contributed by atoms with Gasteiger partial charge < -0.3 is 28.4 Å². The van der Waals surface area contributed by atoms with Crippen molar-refractivity contribution in [1.82, 2.24) is 0 Å². The lowest BCUT2D eigenvalue weighted by Crippen LogP contribution is -2.29. The molecule has 2 heterocycles. The first kappa shape index (κ1) is 40.6. The summed E-state index contributed by atoms with van der Waals surface area (Å²) in [5.41, 5.74) is 1.69. The minimum Gasteiger partial charge on any atom is -0.465 e. The third kappa shape index (κ3) is 11.2. The summed E-state index contributed by atoms with van der Waals surface area (Å²) in [6, 6.07) is 17.5. The van der Waals surface area contributed by atoms with Gasteiger partial charge in [-0.05, 0) is 54.1 Å². The number of sulfonamides is 2. The van der Waals surface area contributed by atoms with E-state index in [1.807, 2.05) is 0 Å². The number of methoxy groups -OCH3 is 2. The molecular formula is C34H33BrF2N2O12S2. The molecule has 0 radical (unpaired) electrons. The van der Waals surface area contributed by atoms with Gasteiger partial charge in [-0.3, -0.25) is 9.03 Å². The lowest BCUT2D eigenvalue weighted by molar-refractivity contribution is 0.0591. The Morgan fingerprint density at radius 3 is 1.68 bits per heavy atom. The maximum absolute atomic E-state index is 14.4. The van der Waals surface area contributed by atoms with Crippen LogP contribution in [0.1, 0.15) is 31.8 Å². The van der Waals surface area contributed by atoms with Gasteiger partial charge >= 0.3 is 11.9 Å². The molecule has 0 saturated heterocycles. The van der Waals surface area contributed by atoms with E-state index in [0.29, 0.717) is 45.3 Å². The van der Waals surface area contributed by atoms with Crippen molar-refractivity contribution in [2.75, 3.05) is 49.3 Å². The summed E-state index contributed by atoms with van der Waals surface area (Å²) in [5, 5.41) is 0.431. The summed E-state index contributed by atoms with van der Waals surface area (Å²) in [4.78, 5) is 22.4. The molecular weight excluding hydrogens is 810 g/mol. The highest BCUT2D eigenvalue weighted by Gasteiger charge is 2.23. The number of benzene rings is 4. The van der Waals surface area contributed by atoms with Crippen LogP contribution in [0.2, 0.25) is 0 Å². The quantitative estimate of drug-likeness (QED) is 0.164. The molecule has 4 aromatic rings. The van der Waals surface area contributed by atoms with Crippen LogP contribution in [0.15, 0.2) is 72.8 Å². The molecule has 2 aliphatic rings. The largest absolute Gasteiger partial charge is 0.465 e. The normalized spacial score (nSPS) is 12.4. The minimum atomic E-state index is -3.70.